The number of hydrogen-bond acceptors (Lipinski definition) is 13. The summed E-state index contributed by atoms with van der Waals surface area (Å²) < 4.78 is 21.8. The molecular weight excluding hydrogens is 630 g/mol. The Morgan fingerprint density at radius 3 is 1.59 bits per heavy atom. The van der Waals surface area contributed by atoms with Crippen LogP contribution in [0.3, 0.4) is 0 Å². The van der Waals surface area contributed by atoms with Crippen LogP contribution in [0.5, 0.6) is 0 Å². The van der Waals surface area contributed by atoms with Crippen LogP contribution >= 0.6 is 0 Å². The smallest absolute Gasteiger partial charge is 0.251 e. The highest BCUT2D eigenvalue weighted by Crippen LogP contribution is 2.17. The molecule has 15 heteroatoms. The molecule has 0 saturated carbocycles. The molecule has 0 spiro atoms. The van der Waals surface area contributed by atoms with Gasteiger partial charge in [-0.1, -0.05) is 39.0 Å². The Hall–Kier alpha value is -4.41. The van der Waals surface area contributed by atoms with Crippen molar-refractivity contribution < 1.29 is 28.5 Å². The fourth-order valence-corrected chi connectivity index (χ4v) is 3.89. The van der Waals surface area contributed by atoms with E-state index in [1.807, 2.05) is 32.0 Å². The van der Waals surface area contributed by atoms with Gasteiger partial charge in [-0.05, 0) is 42.8 Å². The summed E-state index contributed by atoms with van der Waals surface area (Å²) in [6.45, 7) is 12.0. The molecule has 0 aliphatic rings. The molecule has 7 N–H and O–H groups in total. The Morgan fingerprint density at radius 1 is 0.592 bits per heavy atom. The van der Waals surface area contributed by atoms with Crippen molar-refractivity contribution in [2.45, 2.75) is 27.2 Å². The zero-order valence-corrected chi connectivity index (χ0v) is 29.0. The molecule has 0 unspecified atom stereocenters. The van der Waals surface area contributed by atoms with E-state index in [1.54, 1.807) is 36.4 Å². The lowest BCUT2D eigenvalue weighted by Crippen LogP contribution is -2.27. The Bertz CT molecular complexity index is 1300. The highest BCUT2D eigenvalue weighted by Gasteiger charge is 2.09. The van der Waals surface area contributed by atoms with Crippen LogP contribution in [-0.2, 0) is 18.9 Å². The first-order chi connectivity index (χ1) is 24.1. The number of ether oxygens (including phenoxy) is 4. The lowest BCUT2D eigenvalue weighted by Gasteiger charge is -2.12. The van der Waals surface area contributed by atoms with Crippen molar-refractivity contribution in [2.75, 3.05) is 102 Å². The van der Waals surface area contributed by atoms with Crippen molar-refractivity contribution in [1.82, 2.24) is 25.6 Å². The van der Waals surface area contributed by atoms with Crippen LogP contribution in [0.15, 0.2) is 54.6 Å². The predicted molar refractivity (Wildman–Crippen MR) is 192 cm³/mol. The zero-order valence-electron chi connectivity index (χ0n) is 29.0. The van der Waals surface area contributed by atoms with Crippen molar-refractivity contribution in [3.63, 3.8) is 0 Å². The van der Waals surface area contributed by atoms with E-state index < -0.39 is 0 Å². The lowest BCUT2D eigenvalue weighted by atomic mass is 10.2. The van der Waals surface area contributed by atoms with E-state index >= 15 is 0 Å². The van der Waals surface area contributed by atoms with Gasteiger partial charge in [-0.25, -0.2) is 0 Å². The molecule has 0 bridgehead atoms. The van der Waals surface area contributed by atoms with E-state index in [9.17, 15) is 9.59 Å². The van der Waals surface area contributed by atoms with Gasteiger partial charge >= 0.3 is 0 Å². The first-order valence-corrected chi connectivity index (χ1v) is 16.8. The van der Waals surface area contributed by atoms with E-state index in [0.29, 0.717) is 120 Å². The number of benzene rings is 2. The average molecular weight is 684 g/mol. The predicted octanol–water partition coefficient (Wildman–Crippen LogP) is 3.06. The molecular formula is C34H53N9O6. The SMILES string of the molecule is CC.CCCNc1nc(NCCOCCOCCNC(=O)c2ccccc2)nc(Nc2ccc(C(=O)NCCOCCOCCN)cc2)n1. The highest BCUT2D eigenvalue weighted by molar-refractivity contribution is 5.94. The largest absolute Gasteiger partial charge is 0.378 e. The van der Waals surface area contributed by atoms with Gasteiger partial charge in [0.2, 0.25) is 17.8 Å². The quantitative estimate of drug-likeness (QED) is 0.0714. The first kappa shape index (κ1) is 40.8. The van der Waals surface area contributed by atoms with Crippen LogP contribution in [0.4, 0.5) is 23.5 Å². The highest BCUT2D eigenvalue weighted by atomic mass is 16.5. The molecule has 3 aromatic rings. The average Bonchev–Trinajstić information content (AvgIpc) is 3.14. The maximum Gasteiger partial charge on any atom is 0.251 e. The minimum absolute atomic E-state index is 0.126. The van der Waals surface area contributed by atoms with E-state index in [-0.39, 0.29) is 11.8 Å². The molecule has 0 aliphatic heterocycles. The number of aromatic nitrogens is 3. The van der Waals surface area contributed by atoms with E-state index in [4.69, 9.17) is 24.7 Å². The van der Waals surface area contributed by atoms with Gasteiger partial charge in [-0.3, -0.25) is 9.59 Å². The molecule has 0 aliphatic carbocycles. The van der Waals surface area contributed by atoms with Gasteiger partial charge < -0.3 is 51.3 Å². The van der Waals surface area contributed by atoms with Crippen molar-refractivity contribution >= 4 is 35.3 Å². The number of carbonyl (C=O) groups excluding carboxylic acids is 2. The topological polar surface area (TPSA) is 196 Å². The van der Waals surface area contributed by atoms with Gasteiger partial charge in [0.15, 0.2) is 0 Å². The van der Waals surface area contributed by atoms with Gasteiger partial charge in [-0.2, -0.15) is 15.0 Å². The van der Waals surface area contributed by atoms with Crippen LogP contribution < -0.4 is 32.3 Å². The second kappa shape index (κ2) is 26.5. The van der Waals surface area contributed by atoms with E-state index in [0.717, 1.165) is 6.42 Å². The zero-order chi connectivity index (χ0) is 35.4. The minimum Gasteiger partial charge on any atom is -0.378 e. The standard InChI is InChI=1S/C32H47N9O6.C2H6/c1-2-13-36-30-39-31(37-16-20-47-24-23-46-18-14-34-28(42)25-6-4-3-5-7-25)41-32(40-30)38-27-10-8-26(9-11-27)29(43)35-15-19-45-22-21-44-17-12-33;1-2/h3-11H,2,12-24,33H2,1H3,(H,34,42)(H,35,43)(H3,36,37,38,39,40,41);1-2H3. The number of anilines is 4. The number of rotatable bonds is 25. The van der Waals surface area contributed by atoms with E-state index in [1.165, 1.54) is 0 Å². The molecule has 0 fully saturated rings. The molecule has 2 aromatic carbocycles. The third-order valence-electron chi connectivity index (χ3n) is 6.21. The summed E-state index contributed by atoms with van der Waals surface area (Å²) in [6, 6.07) is 16.0. The fraction of sp³-hybridized carbons (Fsp3) is 0.500. The molecule has 3 rings (SSSR count). The van der Waals surface area contributed by atoms with Gasteiger partial charge in [0.05, 0.1) is 52.9 Å². The van der Waals surface area contributed by atoms with Crippen LogP contribution in [0.2, 0.25) is 0 Å². The lowest BCUT2D eigenvalue weighted by molar-refractivity contribution is 0.0511. The number of nitrogens with two attached hydrogens (primary N) is 1. The van der Waals surface area contributed by atoms with Gasteiger partial charge in [0.1, 0.15) is 0 Å². The summed E-state index contributed by atoms with van der Waals surface area (Å²) in [5.74, 6) is 0.848. The summed E-state index contributed by atoms with van der Waals surface area (Å²) in [5.41, 5.74) is 7.22. The molecule has 0 atom stereocenters. The molecule has 1 aromatic heterocycles. The van der Waals surface area contributed by atoms with Gasteiger partial charge in [-0.15, -0.1) is 0 Å². The third-order valence-corrected chi connectivity index (χ3v) is 6.21. The molecule has 0 saturated heterocycles. The van der Waals surface area contributed by atoms with Crippen molar-refractivity contribution in [1.29, 1.82) is 0 Å². The summed E-state index contributed by atoms with van der Waals surface area (Å²) in [7, 11) is 0. The summed E-state index contributed by atoms with van der Waals surface area (Å²) in [4.78, 5) is 37.9. The molecule has 2 amide bonds. The maximum absolute atomic E-state index is 12.5. The van der Waals surface area contributed by atoms with Crippen molar-refractivity contribution in [2.24, 2.45) is 5.73 Å². The number of nitrogens with one attached hydrogen (secondary N) is 5. The molecule has 0 radical (unpaired) electrons. The van der Waals surface area contributed by atoms with Gasteiger partial charge in [0, 0.05) is 49.5 Å². The fourth-order valence-electron chi connectivity index (χ4n) is 3.89. The summed E-state index contributed by atoms with van der Waals surface area (Å²) in [6.07, 6.45) is 0.908. The summed E-state index contributed by atoms with van der Waals surface area (Å²) >= 11 is 0. The molecule has 15 nitrogen and oxygen atoms in total. The van der Waals surface area contributed by atoms with Crippen LogP contribution in [0.1, 0.15) is 47.9 Å². The Balaban J connectivity index is 0.00000409. The monoisotopic (exact) mass is 683 g/mol. The van der Waals surface area contributed by atoms with Crippen LogP contribution in [-0.4, -0.2) is 112 Å². The molecule has 1 heterocycles. The van der Waals surface area contributed by atoms with Crippen molar-refractivity contribution in [3.8, 4) is 0 Å². The van der Waals surface area contributed by atoms with Crippen molar-refractivity contribution in [3.05, 3.63) is 65.7 Å². The number of nitrogens with zero attached hydrogens (tertiary/aromatic N) is 3. The number of hydrogen-bond donors (Lipinski definition) is 6. The Kier molecular flexibility index (Phi) is 22.1. The Labute approximate surface area is 289 Å². The number of amides is 2. The Morgan fingerprint density at radius 2 is 1.06 bits per heavy atom. The number of carbonyl (C=O) groups is 2. The molecule has 270 valence electrons. The van der Waals surface area contributed by atoms with E-state index in [2.05, 4.69) is 48.5 Å². The minimum atomic E-state index is -0.196. The summed E-state index contributed by atoms with van der Waals surface area (Å²) in [5, 5.41) is 15.2. The second-order valence-electron chi connectivity index (χ2n) is 9.98. The molecule has 49 heavy (non-hydrogen) atoms. The normalized spacial score (nSPS) is 10.4. The van der Waals surface area contributed by atoms with Crippen LogP contribution in [0.25, 0.3) is 0 Å². The third kappa shape index (κ3) is 18.1. The van der Waals surface area contributed by atoms with Gasteiger partial charge in [0.25, 0.3) is 11.8 Å². The second-order valence-corrected chi connectivity index (χ2v) is 9.98. The first-order valence-electron chi connectivity index (χ1n) is 16.8. The maximum atomic E-state index is 12.5. The van der Waals surface area contributed by atoms with Crippen LogP contribution in [0, 0.1) is 0 Å².